The van der Waals surface area contributed by atoms with Gasteiger partial charge in [0.05, 0.1) is 35.2 Å². The minimum absolute atomic E-state index is 0.00823. The zero-order chi connectivity index (χ0) is 23.3. The van der Waals surface area contributed by atoms with Crippen molar-refractivity contribution in [3.63, 3.8) is 0 Å². The fourth-order valence-corrected chi connectivity index (χ4v) is 4.44. The predicted molar refractivity (Wildman–Crippen MR) is 121 cm³/mol. The molecule has 2 N–H and O–H groups in total. The third kappa shape index (κ3) is 5.18. The Morgan fingerprint density at radius 1 is 1.28 bits per heavy atom. The average molecular weight is 518 g/mol. The highest BCUT2D eigenvalue weighted by atomic mass is 79.9. The smallest absolute Gasteiger partial charge is 0.319 e. The van der Waals surface area contributed by atoms with E-state index in [1.807, 2.05) is 0 Å². The van der Waals surface area contributed by atoms with Crippen molar-refractivity contribution in [2.45, 2.75) is 5.92 Å². The molecule has 1 aliphatic rings. The Hall–Kier alpha value is -3.16. The van der Waals surface area contributed by atoms with Crippen LogP contribution in [0.15, 0.2) is 63.6 Å². The summed E-state index contributed by atoms with van der Waals surface area (Å²) in [6, 6.07) is 14.9. The molecule has 0 unspecified atom stereocenters. The third-order valence-corrected chi connectivity index (χ3v) is 6.21. The third-order valence-electron chi connectivity index (χ3n) is 4.70. The van der Waals surface area contributed by atoms with Crippen LogP contribution in [-0.4, -0.2) is 30.6 Å². The summed E-state index contributed by atoms with van der Waals surface area (Å²) in [7, 11) is 1.17. The lowest BCUT2D eigenvalue weighted by Gasteiger charge is -2.30. The topological polar surface area (TPSA) is 108 Å². The number of anilines is 1. The number of ether oxygens (including phenoxy) is 1. The molecule has 0 spiro atoms. The van der Waals surface area contributed by atoms with Crippen LogP contribution in [-0.2, 0) is 19.1 Å². The van der Waals surface area contributed by atoms with Gasteiger partial charge in [-0.15, -0.1) is 0 Å². The molecule has 7 nitrogen and oxygen atoms in total. The van der Waals surface area contributed by atoms with E-state index in [2.05, 4.69) is 32.6 Å². The number of methoxy groups -OCH3 is 1. The standard InChI is InChI=1S/C22H17BrFN3O4S/c1-31-22(30)19-18(12-5-3-2-4-6-12)14(10-25)21(27-20(19)29)32-11-17(28)26-16-8-7-13(23)9-15(16)24/h2-9,18-19H,11H2,1H3,(H,26,28)(H,27,29)/t18-,19+/m0/s1. The maximum Gasteiger partial charge on any atom is 0.319 e. The molecule has 0 fully saturated rings. The van der Waals surface area contributed by atoms with Crippen LogP contribution in [0.3, 0.4) is 0 Å². The highest BCUT2D eigenvalue weighted by Gasteiger charge is 2.44. The average Bonchev–Trinajstić information content (AvgIpc) is 2.79. The van der Waals surface area contributed by atoms with E-state index in [0.29, 0.717) is 10.0 Å². The monoisotopic (exact) mass is 517 g/mol. The number of benzene rings is 2. The van der Waals surface area contributed by atoms with Crippen LogP contribution in [0.25, 0.3) is 0 Å². The lowest BCUT2D eigenvalue weighted by Crippen LogP contribution is -2.44. The number of hydrogen-bond acceptors (Lipinski definition) is 6. The Morgan fingerprint density at radius 3 is 2.62 bits per heavy atom. The van der Waals surface area contributed by atoms with Gasteiger partial charge in [-0.1, -0.05) is 58.0 Å². The second kappa shape index (κ2) is 10.4. The van der Waals surface area contributed by atoms with Gasteiger partial charge in [0.2, 0.25) is 11.8 Å². The van der Waals surface area contributed by atoms with Crippen molar-refractivity contribution in [1.29, 1.82) is 5.26 Å². The molecule has 10 heteroatoms. The van der Waals surface area contributed by atoms with E-state index in [1.165, 1.54) is 19.2 Å². The van der Waals surface area contributed by atoms with Crippen LogP contribution in [0.5, 0.6) is 0 Å². The second-order valence-corrected chi connectivity index (χ2v) is 8.60. The highest BCUT2D eigenvalue weighted by molar-refractivity contribution is 9.10. The number of rotatable bonds is 6. The Morgan fingerprint density at radius 2 is 2.00 bits per heavy atom. The van der Waals surface area contributed by atoms with Crippen molar-refractivity contribution in [2.75, 3.05) is 18.2 Å². The van der Waals surface area contributed by atoms with Crippen molar-refractivity contribution < 1.29 is 23.5 Å². The molecule has 2 amide bonds. The van der Waals surface area contributed by atoms with Crippen LogP contribution in [0.4, 0.5) is 10.1 Å². The van der Waals surface area contributed by atoms with Gasteiger partial charge in [-0.3, -0.25) is 14.4 Å². The zero-order valence-electron chi connectivity index (χ0n) is 16.7. The SMILES string of the molecule is COC(=O)[C@H]1C(=O)NC(SCC(=O)Nc2ccc(Br)cc2F)=C(C#N)[C@@H]1c1ccccc1. The van der Waals surface area contributed by atoms with Gasteiger partial charge in [-0.05, 0) is 23.8 Å². The summed E-state index contributed by atoms with van der Waals surface area (Å²) < 4.78 is 19.3. The number of amides is 2. The molecule has 0 aliphatic carbocycles. The molecule has 0 aromatic heterocycles. The minimum Gasteiger partial charge on any atom is -0.468 e. The summed E-state index contributed by atoms with van der Waals surface area (Å²) in [5.41, 5.74) is 0.737. The van der Waals surface area contributed by atoms with Crippen LogP contribution in [0.1, 0.15) is 11.5 Å². The molecule has 32 heavy (non-hydrogen) atoms. The first-order chi connectivity index (χ1) is 15.3. The number of nitrogens with one attached hydrogen (secondary N) is 2. The van der Waals surface area contributed by atoms with Gasteiger partial charge in [-0.25, -0.2) is 4.39 Å². The Kier molecular flexibility index (Phi) is 7.66. The number of hydrogen-bond donors (Lipinski definition) is 2. The molecule has 0 radical (unpaired) electrons. The van der Waals surface area contributed by atoms with Crippen molar-refractivity contribution in [3.8, 4) is 6.07 Å². The molecular formula is C22H17BrFN3O4S. The van der Waals surface area contributed by atoms with E-state index in [-0.39, 0.29) is 22.0 Å². The molecule has 164 valence electrons. The van der Waals surface area contributed by atoms with Gasteiger partial charge in [0, 0.05) is 10.4 Å². The van der Waals surface area contributed by atoms with Crippen LogP contribution < -0.4 is 10.6 Å². The summed E-state index contributed by atoms with van der Waals surface area (Å²) in [6.07, 6.45) is 0. The number of nitrogens with zero attached hydrogens (tertiary/aromatic N) is 1. The van der Waals surface area contributed by atoms with E-state index in [1.54, 1.807) is 36.4 Å². The summed E-state index contributed by atoms with van der Waals surface area (Å²) in [4.78, 5) is 37.4. The lowest BCUT2D eigenvalue weighted by atomic mass is 9.78. The molecule has 2 atom stereocenters. The Balaban J connectivity index is 1.86. The number of carbonyl (C=O) groups excluding carboxylic acids is 3. The van der Waals surface area contributed by atoms with Gasteiger partial charge in [0.25, 0.3) is 0 Å². The van der Waals surface area contributed by atoms with Crippen LogP contribution >= 0.6 is 27.7 Å². The molecule has 3 rings (SSSR count). The Labute approximate surface area is 196 Å². The first kappa shape index (κ1) is 23.5. The maximum absolute atomic E-state index is 14.0. The number of halogens is 2. The van der Waals surface area contributed by atoms with Crippen molar-refractivity contribution in [3.05, 3.63) is 75.0 Å². The minimum atomic E-state index is -1.24. The fraction of sp³-hybridized carbons (Fsp3) is 0.182. The molecule has 2 aromatic carbocycles. The molecule has 2 aromatic rings. The zero-order valence-corrected chi connectivity index (χ0v) is 19.1. The van der Waals surface area contributed by atoms with Gasteiger partial charge in [-0.2, -0.15) is 5.26 Å². The van der Waals surface area contributed by atoms with E-state index < -0.39 is 35.4 Å². The molecule has 1 aliphatic heterocycles. The summed E-state index contributed by atoms with van der Waals surface area (Å²) in [5.74, 6) is -4.83. The molecular weight excluding hydrogens is 501 g/mol. The van der Waals surface area contributed by atoms with E-state index in [9.17, 15) is 24.0 Å². The summed E-state index contributed by atoms with van der Waals surface area (Å²) in [6.45, 7) is 0. The van der Waals surface area contributed by atoms with Crippen molar-refractivity contribution in [2.24, 2.45) is 5.92 Å². The fourth-order valence-electron chi connectivity index (χ4n) is 3.25. The van der Waals surface area contributed by atoms with Gasteiger partial charge < -0.3 is 15.4 Å². The highest BCUT2D eigenvalue weighted by Crippen LogP contribution is 2.40. The molecule has 0 bridgehead atoms. The largest absolute Gasteiger partial charge is 0.468 e. The van der Waals surface area contributed by atoms with Crippen LogP contribution in [0, 0.1) is 23.1 Å². The number of allylic oxidation sites excluding steroid dienone is 1. The predicted octanol–water partition coefficient (Wildman–Crippen LogP) is 3.70. The Bertz CT molecular complexity index is 1130. The van der Waals surface area contributed by atoms with E-state index in [4.69, 9.17) is 4.74 Å². The first-order valence-corrected chi connectivity index (χ1v) is 11.1. The van der Waals surface area contributed by atoms with E-state index in [0.717, 1.165) is 11.8 Å². The van der Waals surface area contributed by atoms with Crippen LogP contribution in [0.2, 0.25) is 0 Å². The molecule has 1 heterocycles. The second-order valence-electron chi connectivity index (χ2n) is 6.69. The van der Waals surface area contributed by atoms with Crippen molar-refractivity contribution in [1.82, 2.24) is 5.32 Å². The van der Waals surface area contributed by atoms with E-state index >= 15 is 0 Å². The summed E-state index contributed by atoms with van der Waals surface area (Å²) in [5, 5.41) is 15.0. The van der Waals surface area contributed by atoms with Gasteiger partial charge in [0.15, 0.2) is 0 Å². The number of nitriles is 1. The molecule has 0 saturated carbocycles. The van der Waals surface area contributed by atoms with Gasteiger partial charge >= 0.3 is 5.97 Å². The lowest BCUT2D eigenvalue weighted by molar-refractivity contribution is -0.150. The first-order valence-electron chi connectivity index (χ1n) is 9.31. The quantitative estimate of drug-likeness (QED) is 0.446. The summed E-state index contributed by atoms with van der Waals surface area (Å²) >= 11 is 4.06. The number of thioether (sulfide) groups is 1. The van der Waals surface area contributed by atoms with Gasteiger partial charge in [0.1, 0.15) is 11.7 Å². The van der Waals surface area contributed by atoms with Crippen molar-refractivity contribution >= 4 is 51.2 Å². The number of carbonyl (C=O) groups is 3. The normalized spacial score (nSPS) is 17.9. The maximum atomic E-state index is 14.0. The molecule has 0 saturated heterocycles. The number of esters is 1.